The largest absolute Gasteiger partial charge is 0.382 e. The van der Waals surface area contributed by atoms with Crippen molar-refractivity contribution in [1.29, 1.82) is 0 Å². The molecule has 1 aliphatic heterocycles. The number of carbonyl (C=O) groups is 1. The van der Waals surface area contributed by atoms with E-state index in [0.717, 1.165) is 48.1 Å². The Morgan fingerprint density at radius 1 is 1.12 bits per heavy atom. The van der Waals surface area contributed by atoms with E-state index in [1.165, 1.54) is 0 Å². The predicted octanol–water partition coefficient (Wildman–Crippen LogP) is 4.08. The number of aromatic amines is 1. The Morgan fingerprint density at radius 3 is 2.67 bits per heavy atom. The van der Waals surface area contributed by atoms with Crippen molar-refractivity contribution in [1.82, 2.24) is 25.5 Å². The molecule has 0 saturated carbocycles. The molecule has 1 saturated heterocycles. The van der Waals surface area contributed by atoms with Gasteiger partial charge >= 0.3 is 0 Å². The lowest BCUT2D eigenvalue weighted by Crippen LogP contribution is -2.33. The number of carbonyl (C=O) groups excluding carboxylic acids is 1. The molecule has 2 aromatic heterocycles. The molecule has 0 aliphatic carbocycles. The number of nitrogens with two attached hydrogens (primary N) is 1. The van der Waals surface area contributed by atoms with Gasteiger partial charge in [-0.15, -0.1) is 0 Å². The fraction of sp³-hybridized carbons (Fsp3) is 0.250. The van der Waals surface area contributed by atoms with Crippen LogP contribution in [-0.4, -0.2) is 45.8 Å². The van der Waals surface area contributed by atoms with Crippen LogP contribution < -0.4 is 11.1 Å². The van der Waals surface area contributed by atoms with Crippen LogP contribution in [0, 0.1) is 5.92 Å². The van der Waals surface area contributed by atoms with Crippen molar-refractivity contribution < 1.29 is 9.53 Å². The number of rotatable bonds is 5. The van der Waals surface area contributed by atoms with E-state index < -0.39 is 0 Å². The van der Waals surface area contributed by atoms with Gasteiger partial charge in [0.15, 0.2) is 11.5 Å². The van der Waals surface area contributed by atoms with Crippen LogP contribution in [0.2, 0.25) is 5.02 Å². The first-order chi connectivity index (χ1) is 16.1. The lowest BCUT2D eigenvalue weighted by molar-refractivity contribution is 0.0642. The third-order valence-corrected chi connectivity index (χ3v) is 6.15. The highest BCUT2D eigenvalue weighted by atomic mass is 35.5. The molecule has 1 fully saturated rings. The van der Waals surface area contributed by atoms with Crippen molar-refractivity contribution in [3.8, 4) is 22.5 Å². The van der Waals surface area contributed by atoms with Gasteiger partial charge in [-0.2, -0.15) is 5.10 Å². The van der Waals surface area contributed by atoms with Crippen molar-refractivity contribution in [2.24, 2.45) is 5.92 Å². The summed E-state index contributed by atoms with van der Waals surface area (Å²) in [5, 5.41) is 11.3. The van der Waals surface area contributed by atoms with E-state index in [4.69, 9.17) is 27.1 Å². The maximum absolute atomic E-state index is 13.0. The fourth-order valence-electron chi connectivity index (χ4n) is 4.04. The van der Waals surface area contributed by atoms with Gasteiger partial charge in [0.05, 0.1) is 28.1 Å². The first-order valence-electron chi connectivity index (χ1n) is 10.8. The van der Waals surface area contributed by atoms with Gasteiger partial charge < -0.3 is 15.8 Å². The van der Waals surface area contributed by atoms with Gasteiger partial charge in [0.2, 0.25) is 0 Å². The van der Waals surface area contributed by atoms with Gasteiger partial charge in [0.1, 0.15) is 0 Å². The highest BCUT2D eigenvalue weighted by Crippen LogP contribution is 2.34. The Morgan fingerprint density at radius 2 is 1.88 bits per heavy atom. The molecule has 2 aromatic carbocycles. The summed E-state index contributed by atoms with van der Waals surface area (Å²) in [5.74, 6) is 0.114. The van der Waals surface area contributed by atoms with Gasteiger partial charge in [0.25, 0.3) is 5.91 Å². The quantitative estimate of drug-likeness (QED) is 0.411. The predicted molar refractivity (Wildman–Crippen MR) is 128 cm³/mol. The molecule has 8 nitrogen and oxygen atoms in total. The van der Waals surface area contributed by atoms with Gasteiger partial charge in [0, 0.05) is 36.3 Å². The Balaban J connectivity index is 1.56. The molecular weight excluding hydrogens is 440 g/mol. The number of halogens is 1. The molecule has 0 unspecified atom stereocenters. The smallest absolute Gasteiger partial charge is 0.273 e. The van der Waals surface area contributed by atoms with Crippen LogP contribution in [0.15, 0.2) is 48.7 Å². The first kappa shape index (κ1) is 21.4. The van der Waals surface area contributed by atoms with E-state index in [9.17, 15) is 4.79 Å². The standard InChI is InChI=1S/C24H23ClN6O2/c25-18-11-16(10-17-13-28-31-19(17)18)21-20(15-4-2-1-3-5-15)30-23(26)22(29-21)24(32)27-12-14-6-8-33-9-7-14/h1-5,10-11,13-14H,6-9,12H2,(H2,26,30)(H,27,32)(H,28,31). The van der Waals surface area contributed by atoms with E-state index in [0.29, 0.717) is 28.9 Å². The zero-order valence-electron chi connectivity index (χ0n) is 17.8. The Bertz CT molecular complexity index is 1300. The molecule has 0 spiro atoms. The van der Waals surface area contributed by atoms with Crippen LogP contribution in [-0.2, 0) is 4.74 Å². The molecule has 33 heavy (non-hydrogen) atoms. The van der Waals surface area contributed by atoms with E-state index >= 15 is 0 Å². The van der Waals surface area contributed by atoms with Crippen molar-refractivity contribution in [2.45, 2.75) is 12.8 Å². The highest BCUT2D eigenvalue weighted by Gasteiger charge is 2.22. The molecule has 168 valence electrons. The lowest BCUT2D eigenvalue weighted by atomic mass is 10.0. The number of nitrogen functional groups attached to an aromatic ring is 1. The lowest BCUT2D eigenvalue weighted by Gasteiger charge is -2.22. The molecule has 5 rings (SSSR count). The van der Waals surface area contributed by atoms with Crippen LogP contribution in [0.25, 0.3) is 33.4 Å². The number of nitrogens with one attached hydrogen (secondary N) is 2. The summed E-state index contributed by atoms with van der Waals surface area (Å²) < 4.78 is 5.39. The molecule has 9 heteroatoms. The monoisotopic (exact) mass is 462 g/mol. The molecule has 3 heterocycles. The van der Waals surface area contributed by atoms with Gasteiger partial charge in [-0.1, -0.05) is 41.9 Å². The zero-order chi connectivity index (χ0) is 22.8. The molecule has 1 amide bonds. The molecule has 0 radical (unpaired) electrons. The number of hydrogen-bond acceptors (Lipinski definition) is 6. The van der Waals surface area contributed by atoms with Gasteiger partial charge in [-0.3, -0.25) is 9.89 Å². The minimum absolute atomic E-state index is 0.0811. The number of hydrogen-bond donors (Lipinski definition) is 3. The highest BCUT2D eigenvalue weighted by molar-refractivity contribution is 6.35. The SMILES string of the molecule is Nc1nc(-c2ccccc2)c(-c2cc(Cl)c3[nH]ncc3c2)nc1C(=O)NCC1CCOCC1. The van der Waals surface area contributed by atoms with Crippen LogP contribution in [0.5, 0.6) is 0 Å². The maximum atomic E-state index is 13.0. The number of anilines is 1. The summed E-state index contributed by atoms with van der Waals surface area (Å²) >= 11 is 6.49. The number of fused-ring (bicyclic) bond motifs is 1. The second-order valence-electron chi connectivity index (χ2n) is 8.08. The Hall–Kier alpha value is -3.49. The van der Waals surface area contributed by atoms with Crippen LogP contribution in [0.4, 0.5) is 5.82 Å². The summed E-state index contributed by atoms with van der Waals surface area (Å²) in [4.78, 5) is 22.3. The number of H-pyrrole nitrogens is 1. The average Bonchev–Trinajstić information content (AvgIpc) is 3.33. The minimum Gasteiger partial charge on any atom is -0.382 e. The summed E-state index contributed by atoms with van der Waals surface area (Å²) in [6, 6.07) is 13.3. The zero-order valence-corrected chi connectivity index (χ0v) is 18.6. The molecule has 0 bridgehead atoms. The van der Waals surface area contributed by atoms with Gasteiger partial charge in [-0.25, -0.2) is 9.97 Å². The van der Waals surface area contributed by atoms with Crippen molar-refractivity contribution in [3.05, 3.63) is 59.4 Å². The van der Waals surface area contributed by atoms with E-state index in [2.05, 4.69) is 20.5 Å². The van der Waals surface area contributed by atoms with Crippen molar-refractivity contribution in [2.75, 3.05) is 25.5 Å². The first-order valence-corrected chi connectivity index (χ1v) is 11.2. The summed E-state index contributed by atoms with van der Waals surface area (Å²) in [6.07, 6.45) is 3.53. The topological polar surface area (TPSA) is 119 Å². The van der Waals surface area contributed by atoms with Gasteiger partial charge in [-0.05, 0) is 30.9 Å². The fourth-order valence-corrected chi connectivity index (χ4v) is 4.31. The number of ether oxygens (including phenoxy) is 1. The normalized spacial score (nSPS) is 14.5. The number of aromatic nitrogens is 4. The van der Waals surface area contributed by atoms with E-state index in [1.54, 1.807) is 12.3 Å². The summed E-state index contributed by atoms with van der Waals surface area (Å²) in [6.45, 7) is 1.98. The van der Waals surface area contributed by atoms with E-state index in [1.807, 2.05) is 36.4 Å². The van der Waals surface area contributed by atoms with Crippen molar-refractivity contribution in [3.63, 3.8) is 0 Å². The maximum Gasteiger partial charge on any atom is 0.273 e. The minimum atomic E-state index is -0.345. The molecule has 4 aromatic rings. The second kappa shape index (κ2) is 9.17. The second-order valence-corrected chi connectivity index (χ2v) is 8.49. The third-order valence-electron chi connectivity index (χ3n) is 5.85. The molecular formula is C24H23ClN6O2. The molecule has 4 N–H and O–H groups in total. The molecule has 1 aliphatic rings. The van der Waals surface area contributed by atoms with Crippen LogP contribution in [0.1, 0.15) is 23.3 Å². The Kier molecular flexibility index (Phi) is 5.93. The Labute approximate surface area is 195 Å². The number of benzene rings is 2. The number of amides is 1. The average molecular weight is 463 g/mol. The molecule has 0 atom stereocenters. The van der Waals surface area contributed by atoms with Crippen LogP contribution >= 0.6 is 11.6 Å². The van der Waals surface area contributed by atoms with Crippen molar-refractivity contribution >= 4 is 34.2 Å². The van der Waals surface area contributed by atoms with E-state index in [-0.39, 0.29) is 17.4 Å². The third kappa shape index (κ3) is 4.40. The summed E-state index contributed by atoms with van der Waals surface area (Å²) in [7, 11) is 0. The summed E-state index contributed by atoms with van der Waals surface area (Å²) in [5.41, 5.74) is 9.72. The number of nitrogens with zero attached hydrogens (tertiary/aromatic N) is 3. The van der Waals surface area contributed by atoms with Crippen LogP contribution in [0.3, 0.4) is 0 Å².